The third kappa shape index (κ3) is 1.58. The van der Waals surface area contributed by atoms with Crippen LogP contribution < -0.4 is 5.73 Å². The molecule has 1 aliphatic heterocycles. The van der Waals surface area contributed by atoms with Crippen molar-refractivity contribution in [2.75, 3.05) is 6.61 Å². The first-order valence-corrected chi connectivity index (χ1v) is 3.64. The molecule has 6 nitrogen and oxygen atoms in total. The maximum absolute atomic E-state index is 9.20. The lowest BCUT2D eigenvalue weighted by Gasteiger charge is -2.38. The van der Waals surface area contributed by atoms with Crippen LogP contribution in [0.3, 0.4) is 0 Å². The number of rotatable bonds is 1. The fourth-order valence-electron chi connectivity index (χ4n) is 1.12. The van der Waals surface area contributed by atoms with Crippen LogP contribution in [-0.4, -0.2) is 57.7 Å². The molecule has 0 bridgehead atoms. The Balaban J connectivity index is 2.63. The molecule has 0 saturated carbocycles. The van der Waals surface area contributed by atoms with Crippen molar-refractivity contribution >= 4 is 0 Å². The van der Waals surface area contributed by atoms with Crippen LogP contribution in [0.4, 0.5) is 0 Å². The molecule has 5 atom stereocenters. The summed E-state index contributed by atoms with van der Waals surface area (Å²) in [5, 5.41) is 36.1. The minimum Gasteiger partial charge on any atom is -0.394 e. The van der Waals surface area contributed by atoms with Gasteiger partial charge in [0.15, 0.2) is 6.29 Å². The molecule has 1 fully saturated rings. The molecule has 6 N–H and O–H groups in total. The van der Waals surface area contributed by atoms with Gasteiger partial charge in [0, 0.05) is 0 Å². The van der Waals surface area contributed by atoms with E-state index in [9.17, 15) is 10.2 Å². The molecular weight excluding hydrogens is 166 g/mol. The topological polar surface area (TPSA) is 116 Å². The molecule has 1 saturated heterocycles. The molecule has 0 unspecified atom stereocenters. The largest absolute Gasteiger partial charge is 0.394 e. The van der Waals surface area contributed by atoms with E-state index in [4.69, 9.17) is 20.7 Å². The number of ether oxygens (including phenoxy) is 1. The van der Waals surface area contributed by atoms with E-state index in [1.165, 1.54) is 0 Å². The molecule has 12 heavy (non-hydrogen) atoms. The number of hydrogen-bond donors (Lipinski definition) is 5. The summed E-state index contributed by atoms with van der Waals surface area (Å²) in [7, 11) is 0. The quantitative estimate of drug-likeness (QED) is 0.288. The van der Waals surface area contributed by atoms with E-state index < -0.39 is 37.3 Å². The molecule has 1 rings (SSSR count). The second-order valence-corrected chi connectivity index (χ2v) is 2.81. The Kier molecular flexibility index (Phi) is 2.99. The van der Waals surface area contributed by atoms with Gasteiger partial charge in [-0.15, -0.1) is 0 Å². The van der Waals surface area contributed by atoms with Gasteiger partial charge in [-0.2, -0.15) is 0 Å². The Bertz CT molecular complexity index is 150. The first kappa shape index (κ1) is 9.85. The number of hydrogen-bond acceptors (Lipinski definition) is 6. The van der Waals surface area contributed by atoms with Crippen LogP contribution in [0, 0.1) is 0 Å². The van der Waals surface area contributed by atoms with Gasteiger partial charge in [-0.3, -0.25) is 0 Å². The summed E-state index contributed by atoms with van der Waals surface area (Å²) in [6.07, 6.45) is -4.85. The van der Waals surface area contributed by atoms with Gasteiger partial charge in [0.2, 0.25) is 0 Å². The second-order valence-electron chi connectivity index (χ2n) is 2.81. The molecule has 1 heterocycles. The lowest BCUT2D eigenvalue weighted by molar-refractivity contribution is -0.248. The van der Waals surface area contributed by atoms with E-state index in [1.807, 2.05) is 0 Å². The van der Waals surface area contributed by atoms with Gasteiger partial charge >= 0.3 is 0 Å². The molecular formula is C6H13NO5. The average Bonchev–Trinajstić information content (AvgIpc) is 2.08. The molecule has 0 spiro atoms. The standard InChI is InChI=1S/C6H13NO5/c7-3-5(10)4(9)2(1-8)12-6(3)11/h2-6,8-11H,1,7H2/t2-,3-,4-,5-,6+/m1/s1. The smallest absolute Gasteiger partial charge is 0.173 e. The first-order valence-electron chi connectivity index (χ1n) is 3.64. The van der Waals surface area contributed by atoms with E-state index in [0.717, 1.165) is 0 Å². The number of nitrogens with two attached hydrogens (primary N) is 1. The summed E-state index contributed by atoms with van der Waals surface area (Å²) in [5.41, 5.74) is 5.26. The molecule has 0 radical (unpaired) electrons. The highest BCUT2D eigenvalue weighted by Gasteiger charge is 2.41. The predicted molar refractivity (Wildman–Crippen MR) is 38.0 cm³/mol. The highest BCUT2D eigenvalue weighted by molar-refractivity contribution is 4.90. The van der Waals surface area contributed by atoms with Gasteiger partial charge in [-0.25, -0.2) is 0 Å². The van der Waals surface area contributed by atoms with Gasteiger partial charge in [0.25, 0.3) is 0 Å². The molecule has 0 aromatic heterocycles. The predicted octanol–water partition coefficient (Wildman–Crippen LogP) is -3.26. The van der Waals surface area contributed by atoms with Crippen molar-refractivity contribution in [1.82, 2.24) is 0 Å². The molecule has 0 aromatic carbocycles. The summed E-state index contributed by atoms with van der Waals surface area (Å²) in [6, 6.07) is -1.04. The van der Waals surface area contributed by atoms with Gasteiger partial charge in [-0.05, 0) is 0 Å². The Morgan fingerprint density at radius 3 is 2.25 bits per heavy atom. The molecule has 1 aliphatic rings. The van der Waals surface area contributed by atoms with Crippen LogP contribution in [0.5, 0.6) is 0 Å². The summed E-state index contributed by atoms with van der Waals surface area (Å²) in [5.74, 6) is 0. The van der Waals surface area contributed by atoms with E-state index in [1.54, 1.807) is 0 Å². The summed E-state index contributed by atoms with van der Waals surface area (Å²) in [4.78, 5) is 0. The molecule has 6 heteroatoms. The monoisotopic (exact) mass is 179 g/mol. The summed E-state index contributed by atoms with van der Waals surface area (Å²) in [6.45, 7) is -0.470. The second kappa shape index (κ2) is 3.65. The van der Waals surface area contributed by atoms with Crippen LogP contribution in [0.1, 0.15) is 0 Å². The van der Waals surface area contributed by atoms with E-state index >= 15 is 0 Å². The average molecular weight is 179 g/mol. The first-order chi connectivity index (χ1) is 5.57. The molecule has 0 amide bonds. The highest BCUT2D eigenvalue weighted by Crippen LogP contribution is 2.17. The fraction of sp³-hybridized carbons (Fsp3) is 1.00. The van der Waals surface area contributed by atoms with Crippen molar-refractivity contribution in [3.63, 3.8) is 0 Å². The van der Waals surface area contributed by atoms with Crippen LogP contribution in [0.15, 0.2) is 0 Å². The van der Waals surface area contributed by atoms with Gasteiger partial charge in [0.05, 0.1) is 12.6 Å². The van der Waals surface area contributed by atoms with Crippen LogP contribution in [0.2, 0.25) is 0 Å². The zero-order valence-electron chi connectivity index (χ0n) is 6.37. The minimum absolute atomic E-state index is 0.470. The molecule has 72 valence electrons. The Labute approximate surface area is 69.2 Å². The Morgan fingerprint density at radius 1 is 1.17 bits per heavy atom. The maximum atomic E-state index is 9.20. The zero-order chi connectivity index (χ0) is 9.30. The van der Waals surface area contributed by atoms with Crippen molar-refractivity contribution in [3.8, 4) is 0 Å². The van der Waals surface area contributed by atoms with E-state index in [-0.39, 0.29) is 0 Å². The van der Waals surface area contributed by atoms with E-state index in [0.29, 0.717) is 0 Å². The van der Waals surface area contributed by atoms with Gasteiger partial charge < -0.3 is 30.9 Å². The van der Waals surface area contributed by atoms with Crippen molar-refractivity contribution in [2.24, 2.45) is 5.73 Å². The third-order valence-corrected chi connectivity index (χ3v) is 1.95. The summed E-state index contributed by atoms with van der Waals surface area (Å²) < 4.78 is 4.70. The number of aliphatic hydroxyl groups excluding tert-OH is 4. The molecule has 0 aromatic rings. The normalized spacial score (nSPS) is 49.2. The minimum atomic E-state index is -1.35. The van der Waals surface area contributed by atoms with Crippen LogP contribution in [0.25, 0.3) is 0 Å². The Morgan fingerprint density at radius 2 is 1.75 bits per heavy atom. The number of aliphatic hydroxyl groups is 4. The van der Waals surface area contributed by atoms with Crippen molar-refractivity contribution in [2.45, 2.75) is 30.6 Å². The van der Waals surface area contributed by atoms with Crippen LogP contribution in [-0.2, 0) is 4.74 Å². The lowest BCUT2D eigenvalue weighted by atomic mass is 9.98. The van der Waals surface area contributed by atoms with Crippen molar-refractivity contribution in [3.05, 3.63) is 0 Å². The van der Waals surface area contributed by atoms with Crippen molar-refractivity contribution in [1.29, 1.82) is 0 Å². The highest BCUT2D eigenvalue weighted by atomic mass is 16.6. The molecule has 0 aliphatic carbocycles. The maximum Gasteiger partial charge on any atom is 0.173 e. The van der Waals surface area contributed by atoms with Gasteiger partial charge in [-0.1, -0.05) is 0 Å². The SMILES string of the molecule is N[C@@H]1[C@@H](O)[C@H](O)[C@@H](CO)O[C@@H]1O. The summed E-state index contributed by atoms with van der Waals surface area (Å²) >= 11 is 0. The van der Waals surface area contributed by atoms with Crippen LogP contribution >= 0.6 is 0 Å². The lowest BCUT2D eigenvalue weighted by Crippen LogP contribution is -2.61. The van der Waals surface area contributed by atoms with E-state index in [2.05, 4.69) is 0 Å². The van der Waals surface area contributed by atoms with Crippen molar-refractivity contribution < 1.29 is 25.2 Å². The third-order valence-electron chi connectivity index (χ3n) is 1.95. The van der Waals surface area contributed by atoms with Gasteiger partial charge in [0.1, 0.15) is 18.3 Å². The fourth-order valence-corrected chi connectivity index (χ4v) is 1.12. The Hall–Kier alpha value is -0.240. The zero-order valence-corrected chi connectivity index (χ0v) is 6.37.